The number of rotatable bonds is 3. The van der Waals surface area contributed by atoms with Gasteiger partial charge in [0.25, 0.3) is 5.91 Å². The van der Waals surface area contributed by atoms with Crippen LogP contribution in [0.25, 0.3) is 11.1 Å². The average molecular weight is 447 g/mol. The molecule has 2 aliphatic rings. The first-order valence-electron chi connectivity index (χ1n) is 9.66. The lowest BCUT2D eigenvalue weighted by Crippen LogP contribution is -2.61. The van der Waals surface area contributed by atoms with Crippen molar-refractivity contribution in [1.82, 2.24) is 9.80 Å². The number of carbonyl (C=O) groups excluding carboxylic acids is 3. The van der Waals surface area contributed by atoms with E-state index in [0.717, 1.165) is 0 Å². The first kappa shape index (κ1) is 21.2. The van der Waals surface area contributed by atoms with Crippen LogP contribution in [0.15, 0.2) is 36.4 Å². The Morgan fingerprint density at radius 3 is 2.71 bits per heavy atom. The molecule has 3 amide bonds. The molecular formula is C21H20ClFN4O4. The number of aliphatic hydroxyl groups is 1. The lowest BCUT2D eigenvalue weighted by Gasteiger charge is -2.40. The van der Waals surface area contributed by atoms with Crippen molar-refractivity contribution in [2.24, 2.45) is 5.73 Å². The van der Waals surface area contributed by atoms with Crippen LogP contribution in [0.2, 0.25) is 5.02 Å². The monoisotopic (exact) mass is 446 g/mol. The van der Waals surface area contributed by atoms with Gasteiger partial charge in [-0.25, -0.2) is 4.39 Å². The van der Waals surface area contributed by atoms with Crippen molar-refractivity contribution in [3.63, 3.8) is 0 Å². The number of nitrogens with one attached hydrogen (secondary N) is 1. The molecule has 2 heterocycles. The second-order valence-corrected chi connectivity index (χ2v) is 7.90. The highest BCUT2D eigenvalue weighted by Gasteiger charge is 2.41. The van der Waals surface area contributed by atoms with Gasteiger partial charge in [-0.05, 0) is 35.9 Å². The fourth-order valence-electron chi connectivity index (χ4n) is 3.86. The predicted molar refractivity (Wildman–Crippen MR) is 112 cm³/mol. The van der Waals surface area contributed by atoms with Crippen molar-refractivity contribution in [2.45, 2.75) is 12.1 Å². The van der Waals surface area contributed by atoms with Gasteiger partial charge in [-0.2, -0.15) is 0 Å². The molecule has 1 fully saturated rings. The van der Waals surface area contributed by atoms with E-state index in [9.17, 15) is 18.8 Å². The van der Waals surface area contributed by atoms with E-state index in [0.29, 0.717) is 11.3 Å². The summed E-state index contributed by atoms with van der Waals surface area (Å²) < 4.78 is 14.4. The van der Waals surface area contributed by atoms with Crippen LogP contribution in [-0.2, 0) is 9.59 Å². The first-order chi connectivity index (χ1) is 14.8. The third-order valence-corrected chi connectivity index (χ3v) is 5.75. The third-order valence-electron chi connectivity index (χ3n) is 5.52. The molecule has 0 saturated carbocycles. The van der Waals surface area contributed by atoms with Crippen LogP contribution in [0.1, 0.15) is 10.4 Å². The van der Waals surface area contributed by atoms with E-state index >= 15 is 0 Å². The number of amides is 3. The van der Waals surface area contributed by atoms with E-state index in [1.807, 2.05) is 0 Å². The van der Waals surface area contributed by atoms with Gasteiger partial charge in [-0.1, -0.05) is 17.7 Å². The molecule has 2 aromatic rings. The Bertz CT molecular complexity index is 1080. The number of carbonyl (C=O) groups is 3. The Kier molecular flexibility index (Phi) is 5.65. The summed E-state index contributed by atoms with van der Waals surface area (Å²) in [6, 6.07) is 6.98. The maximum Gasteiger partial charge on any atom is 0.256 e. The Labute approximate surface area is 182 Å². The van der Waals surface area contributed by atoms with Gasteiger partial charge in [0.15, 0.2) is 0 Å². The molecule has 1 saturated heterocycles. The van der Waals surface area contributed by atoms with Crippen LogP contribution >= 0.6 is 11.6 Å². The minimum Gasteiger partial charge on any atom is -0.394 e. The molecule has 0 radical (unpaired) electrons. The van der Waals surface area contributed by atoms with Gasteiger partial charge in [0, 0.05) is 23.7 Å². The quantitative estimate of drug-likeness (QED) is 0.652. The summed E-state index contributed by atoms with van der Waals surface area (Å²) in [5, 5.41) is 12.1. The minimum absolute atomic E-state index is 0.0310. The highest BCUT2D eigenvalue weighted by atomic mass is 35.5. The third kappa shape index (κ3) is 3.87. The van der Waals surface area contributed by atoms with Crippen molar-refractivity contribution in [3.05, 3.63) is 52.8 Å². The Morgan fingerprint density at radius 1 is 1.23 bits per heavy atom. The largest absolute Gasteiger partial charge is 0.394 e. The summed E-state index contributed by atoms with van der Waals surface area (Å²) in [4.78, 5) is 41.2. The van der Waals surface area contributed by atoms with Crippen LogP contribution in [-0.4, -0.2) is 71.0 Å². The van der Waals surface area contributed by atoms with E-state index in [-0.39, 0.29) is 35.8 Å². The summed E-state index contributed by atoms with van der Waals surface area (Å²) in [6.45, 7) is -0.232. The minimum atomic E-state index is -1.08. The van der Waals surface area contributed by atoms with Crippen LogP contribution in [0.3, 0.4) is 0 Å². The van der Waals surface area contributed by atoms with E-state index in [1.54, 1.807) is 18.2 Å². The van der Waals surface area contributed by atoms with Crippen LogP contribution in [0.4, 0.5) is 10.1 Å². The molecule has 162 valence electrons. The van der Waals surface area contributed by atoms with Crippen molar-refractivity contribution in [1.29, 1.82) is 0 Å². The van der Waals surface area contributed by atoms with Crippen LogP contribution in [0, 0.1) is 5.82 Å². The molecule has 10 heteroatoms. The zero-order valence-electron chi connectivity index (χ0n) is 16.3. The summed E-state index contributed by atoms with van der Waals surface area (Å²) in [7, 11) is 0. The summed E-state index contributed by atoms with van der Waals surface area (Å²) >= 11 is 5.82. The molecule has 0 aliphatic carbocycles. The van der Waals surface area contributed by atoms with Gasteiger partial charge in [-0.3, -0.25) is 14.4 Å². The zero-order chi connectivity index (χ0) is 22.3. The average Bonchev–Trinajstić information content (AvgIpc) is 2.87. The second kappa shape index (κ2) is 8.26. The molecule has 0 spiro atoms. The summed E-state index contributed by atoms with van der Waals surface area (Å²) in [5.41, 5.74) is 6.90. The number of piperazine rings is 1. The standard InChI is InChI=1S/C21H20ClFN4O4/c22-12-2-3-13(15(23)8-12)11-1-4-17-14(7-11)20(30)27-6-5-26(21(31)16(24)10-28)9-18(27)19(29)25-17/h1-4,7-8,16,18,28H,5-6,9-10,24H2,(H,25,29)/t16-,18+/m0/s1. The van der Waals surface area contributed by atoms with E-state index in [1.165, 1.54) is 28.0 Å². The van der Waals surface area contributed by atoms with Gasteiger partial charge in [0.2, 0.25) is 11.8 Å². The zero-order valence-corrected chi connectivity index (χ0v) is 17.1. The number of aliphatic hydroxyl groups excluding tert-OH is 1. The van der Waals surface area contributed by atoms with Gasteiger partial charge in [-0.15, -0.1) is 0 Å². The normalized spacial score (nSPS) is 19.3. The molecule has 8 nitrogen and oxygen atoms in total. The number of hydrogen-bond donors (Lipinski definition) is 3. The van der Waals surface area contributed by atoms with Crippen molar-refractivity contribution >= 4 is 35.0 Å². The molecule has 4 N–H and O–H groups in total. The van der Waals surface area contributed by atoms with Crippen molar-refractivity contribution in [3.8, 4) is 11.1 Å². The Hall–Kier alpha value is -3.01. The number of nitrogens with two attached hydrogens (primary N) is 1. The maximum atomic E-state index is 14.4. The number of halogens is 2. The highest BCUT2D eigenvalue weighted by Crippen LogP contribution is 2.32. The molecule has 2 aliphatic heterocycles. The van der Waals surface area contributed by atoms with E-state index < -0.39 is 42.2 Å². The molecule has 4 rings (SSSR count). The number of nitrogens with zero attached hydrogens (tertiary/aromatic N) is 2. The lowest BCUT2D eigenvalue weighted by atomic mass is 10.0. The number of anilines is 1. The SMILES string of the molecule is N[C@@H](CO)C(=O)N1CCN2C(=O)c3cc(-c4ccc(Cl)cc4F)ccc3NC(=O)[C@H]2C1. The van der Waals surface area contributed by atoms with Crippen molar-refractivity contribution in [2.75, 3.05) is 31.6 Å². The molecule has 31 heavy (non-hydrogen) atoms. The number of fused-ring (bicyclic) bond motifs is 2. The summed E-state index contributed by atoms with van der Waals surface area (Å²) in [5.74, 6) is -1.84. The van der Waals surface area contributed by atoms with Crippen LogP contribution in [0.5, 0.6) is 0 Å². The smallest absolute Gasteiger partial charge is 0.256 e. The first-order valence-corrected chi connectivity index (χ1v) is 10.0. The molecule has 0 aromatic heterocycles. The number of benzene rings is 2. The second-order valence-electron chi connectivity index (χ2n) is 7.46. The van der Waals surface area contributed by atoms with Crippen molar-refractivity contribution < 1.29 is 23.9 Å². The topological polar surface area (TPSA) is 116 Å². The fraction of sp³-hybridized carbons (Fsp3) is 0.286. The molecule has 0 bridgehead atoms. The number of hydrogen-bond acceptors (Lipinski definition) is 5. The summed E-state index contributed by atoms with van der Waals surface area (Å²) in [6.07, 6.45) is 0. The van der Waals surface area contributed by atoms with E-state index in [4.69, 9.17) is 22.4 Å². The Balaban J connectivity index is 1.66. The molecular weight excluding hydrogens is 427 g/mol. The van der Waals surface area contributed by atoms with Gasteiger partial charge >= 0.3 is 0 Å². The molecule has 2 aromatic carbocycles. The fourth-order valence-corrected chi connectivity index (χ4v) is 4.01. The van der Waals surface area contributed by atoms with Gasteiger partial charge < -0.3 is 26.0 Å². The van der Waals surface area contributed by atoms with Crippen LogP contribution < -0.4 is 11.1 Å². The molecule has 2 atom stereocenters. The Morgan fingerprint density at radius 2 is 2.00 bits per heavy atom. The maximum absolute atomic E-state index is 14.4. The lowest BCUT2D eigenvalue weighted by molar-refractivity contribution is -0.137. The highest BCUT2D eigenvalue weighted by molar-refractivity contribution is 6.30. The van der Waals surface area contributed by atoms with Gasteiger partial charge in [0.1, 0.15) is 17.9 Å². The van der Waals surface area contributed by atoms with E-state index in [2.05, 4.69) is 5.32 Å². The molecule has 0 unspecified atom stereocenters. The van der Waals surface area contributed by atoms with Gasteiger partial charge in [0.05, 0.1) is 24.4 Å². The predicted octanol–water partition coefficient (Wildman–Crippen LogP) is 1.07.